The highest BCUT2D eigenvalue weighted by Crippen LogP contribution is 2.23. The molecule has 2 aromatic heterocycles. The Labute approximate surface area is 196 Å². The van der Waals surface area contributed by atoms with Crippen molar-refractivity contribution in [2.24, 2.45) is 5.10 Å². The summed E-state index contributed by atoms with van der Waals surface area (Å²) >= 11 is 15.5. The molecule has 4 aromatic rings. The third-order valence-electron chi connectivity index (χ3n) is 4.33. The van der Waals surface area contributed by atoms with Crippen LogP contribution >= 0.6 is 39.1 Å². The average Bonchev–Trinajstić information content (AvgIpc) is 3.41. The van der Waals surface area contributed by atoms with E-state index in [2.05, 4.69) is 31.6 Å². The smallest absolute Gasteiger partial charge is 0.291 e. The van der Waals surface area contributed by atoms with Crippen LogP contribution in [0.25, 0.3) is 11.3 Å². The average molecular weight is 518 g/mol. The molecule has 0 spiro atoms. The maximum Gasteiger partial charge on any atom is 0.291 e. The molecule has 0 saturated carbocycles. The van der Waals surface area contributed by atoms with Crippen LogP contribution in [0.4, 0.5) is 0 Å². The maximum absolute atomic E-state index is 12.3. The van der Waals surface area contributed by atoms with Crippen molar-refractivity contribution in [3.8, 4) is 11.3 Å². The Balaban J connectivity index is 1.36. The summed E-state index contributed by atoms with van der Waals surface area (Å²) < 4.78 is 8.34. The van der Waals surface area contributed by atoms with E-state index in [-0.39, 0.29) is 5.69 Å². The van der Waals surface area contributed by atoms with E-state index in [9.17, 15) is 4.79 Å². The zero-order valence-corrected chi connectivity index (χ0v) is 19.0. The zero-order chi connectivity index (χ0) is 21.8. The molecule has 2 heterocycles. The van der Waals surface area contributed by atoms with Gasteiger partial charge >= 0.3 is 0 Å². The van der Waals surface area contributed by atoms with Crippen LogP contribution in [0.2, 0.25) is 10.0 Å². The van der Waals surface area contributed by atoms with Gasteiger partial charge in [-0.2, -0.15) is 10.2 Å². The van der Waals surface area contributed by atoms with E-state index in [1.807, 2.05) is 36.4 Å². The van der Waals surface area contributed by atoms with Crippen molar-refractivity contribution in [3.05, 3.63) is 98.4 Å². The van der Waals surface area contributed by atoms with Gasteiger partial charge in [-0.3, -0.25) is 9.48 Å². The molecule has 0 fully saturated rings. The predicted octanol–water partition coefficient (Wildman–Crippen LogP) is 6.02. The summed E-state index contributed by atoms with van der Waals surface area (Å²) in [6, 6.07) is 18.2. The molecule has 1 N–H and O–H groups in total. The number of carbonyl (C=O) groups excluding carboxylic acids is 1. The van der Waals surface area contributed by atoms with Crippen LogP contribution in [0.15, 0.2) is 80.9 Å². The number of carbonyl (C=O) groups is 1. The van der Waals surface area contributed by atoms with Gasteiger partial charge in [-0.15, -0.1) is 0 Å². The van der Waals surface area contributed by atoms with E-state index in [0.717, 1.165) is 15.6 Å². The second-order valence-electron chi connectivity index (χ2n) is 6.54. The molecule has 1 amide bonds. The monoisotopic (exact) mass is 516 g/mol. The molecule has 0 saturated heterocycles. The largest absolute Gasteiger partial charge is 0.455 e. The summed E-state index contributed by atoms with van der Waals surface area (Å²) in [6.07, 6.45) is 3.13. The highest BCUT2D eigenvalue weighted by molar-refractivity contribution is 9.10. The van der Waals surface area contributed by atoms with Gasteiger partial charge < -0.3 is 4.42 Å². The molecule has 6 nitrogen and oxygen atoms in total. The summed E-state index contributed by atoms with van der Waals surface area (Å²) in [5.41, 5.74) is 4.47. The first-order chi connectivity index (χ1) is 15.0. The molecule has 31 heavy (non-hydrogen) atoms. The van der Waals surface area contributed by atoms with Crippen molar-refractivity contribution in [1.82, 2.24) is 15.2 Å². The van der Waals surface area contributed by atoms with Crippen LogP contribution in [0.3, 0.4) is 0 Å². The van der Waals surface area contributed by atoms with Crippen LogP contribution < -0.4 is 5.43 Å². The SMILES string of the molecule is O=C(N/N=C\c1ccc(-c2ccc(Br)cc2)o1)c1ccn(Cc2ccc(Cl)cc2Cl)n1. The minimum Gasteiger partial charge on any atom is -0.455 e. The fraction of sp³-hybridized carbons (Fsp3) is 0.0455. The number of nitrogens with one attached hydrogen (secondary N) is 1. The topological polar surface area (TPSA) is 72.4 Å². The first-order valence-electron chi connectivity index (χ1n) is 9.14. The standard InChI is InChI=1S/C22H15BrCl2N4O2/c23-16-4-1-14(2-5-16)21-8-7-18(31-21)12-26-27-22(30)20-9-10-29(28-20)13-15-3-6-17(24)11-19(15)25/h1-12H,13H2,(H,27,30)/b26-12-. The Bertz CT molecular complexity index is 1250. The van der Waals surface area contributed by atoms with Crippen LogP contribution in [-0.2, 0) is 6.54 Å². The van der Waals surface area contributed by atoms with E-state index in [0.29, 0.717) is 28.1 Å². The normalized spacial score (nSPS) is 11.2. The summed E-state index contributed by atoms with van der Waals surface area (Å²) in [5, 5.41) is 9.31. The molecule has 0 unspecified atom stereocenters. The molecule has 0 radical (unpaired) electrons. The summed E-state index contributed by atoms with van der Waals surface area (Å²) in [5.74, 6) is 0.790. The number of benzene rings is 2. The molecule has 4 rings (SSSR count). The van der Waals surface area contributed by atoms with Crippen molar-refractivity contribution < 1.29 is 9.21 Å². The second kappa shape index (κ2) is 9.51. The lowest BCUT2D eigenvalue weighted by atomic mass is 10.2. The van der Waals surface area contributed by atoms with Gasteiger partial charge in [0.1, 0.15) is 11.5 Å². The van der Waals surface area contributed by atoms with Crippen molar-refractivity contribution in [2.75, 3.05) is 0 Å². The van der Waals surface area contributed by atoms with Gasteiger partial charge in [0, 0.05) is 26.3 Å². The Hall–Kier alpha value is -2.87. The summed E-state index contributed by atoms with van der Waals surface area (Å²) in [6.45, 7) is 0.414. The van der Waals surface area contributed by atoms with Crippen molar-refractivity contribution >= 4 is 51.3 Å². The van der Waals surface area contributed by atoms with Crippen LogP contribution in [0, 0.1) is 0 Å². The number of hydrogen-bond donors (Lipinski definition) is 1. The molecule has 0 aliphatic carbocycles. The summed E-state index contributed by atoms with van der Waals surface area (Å²) in [4.78, 5) is 12.3. The van der Waals surface area contributed by atoms with E-state index >= 15 is 0 Å². The van der Waals surface area contributed by atoms with E-state index in [1.54, 1.807) is 35.1 Å². The Morgan fingerprint density at radius 2 is 1.94 bits per heavy atom. The molecule has 0 aliphatic heterocycles. The van der Waals surface area contributed by atoms with Crippen molar-refractivity contribution in [3.63, 3.8) is 0 Å². The van der Waals surface area contributed by atoms with Gasteiger partial charge in [0.25, 0.3) is 5.91 Å². The fourth-order valence-corrected chi connectivity index (χ4v) is 3.53. The minimum absolute atomic E-state index is 0.234. The second-order valence-corrected chi connectivity index (χ2v) is 8.30. The summed E-state index contributed by atoms with van der Waals surface area (Å²) in [7, 11) is 0. The number of halogens is 3. The van der Waals surface area contributed by atoms with Gasteiger partial charge in [-0.1, -0.05) is 57.3 Å². The highest BCUT2D eigenvalue weighted by Gasteiger charge is 2.10. The third kappa shape index (κ3) is 5.44. The van der Waals surface area contributed by atoms with E-state index in [4.69, 9.17) is 27.6 Å². The van der Waals surface area contributed by atoms with Crippen molar-refractivity contribution in [2.45, 2.75) is 6.54 Å². The predicted molar refractivity (Wildman–Crippen MR) is 125 cm³/mol. The molecule has 0 aliphatic rings. The van der Waals surface area contributed by atoms with Crippen LogP contribution in [0.1, 0.15) is 21.8 Å². The number of hydrazone groups is 1. The number of amides is 1. The molecule has 156 valence electrons. The Morgan fingerprint density at radius 3 is 2.71 bits per heavy atom. The molecule has 0 atom stereocenters. The van der Waals surface area contributed by atoms with Gasteiger partial charge in [0.05, 0.1) is 12.8 Å². The maximum atomic E-state index is 12.3. The molecular formula is C22H15BrCl2N4O2. The lowest BCUT2D eigenvalue weighted by molar-refractivity contribution is 0.0949. The molecule has 9 heteroatoms. The van der Waals surface area contributed by atoms with Crippen LogP contribution in [0.5, 0.6) is 0 Å². The highest BCUT2D eigenvalue weighted by atomic mass is 79.9. The molecule has 0 bridgehead atoms. The van der Waals surface area contributed by atoms with E-state index in [1.165, 1.54) is 6.21 Å². The first kappa shape index (κ1) is 21.4. The molecular weight excluding hydrogens is 503 g/mol. The Morgan fingerprint density at radius 1 is 1.13 bits per heavy atom. The number of hydrogen-bond acceptors (Lipinski definition) is 4. The number of nitrogens with zero attached hydrogens (tertiary/aromatic N) is 3. The Kier molecular flexibility index (Phi) is 6.56. The zero-order valence-electron chi connectivity index (χ0n) is 15.9. The van der Waals surface area contributed by atoms with Gasteiger partial charge in [0.15, 0.2) is 5.69 Å². The van der Waals surface area contributed by atoms with Gasteiger partial charge in [0.2, 0.25) is 0 Å². The fourth-order valence-electron chi connectivity index (χ4n) is 2.80. The van der Waals surface area contributed by atoms with Gasteiger partial charge in [-0.25, -0.2) is 5.43 Å². The minimum atomic E-state index is -0.433. The number of aromatic nitrogens is 2. The quantitative estimate of drug-likeness (QED) is 0.251. The lowest BCUT2D eigenvalue weighted by Gasteiger charge is -2.05. The van der Waals surface area contributed by atoms with Gasteiger partial charge in [-0.05, 0) is 48.0 Å². The van der Waals surface area contributed by atoms with E-state index < -0.39 is 5.91 Å². The molecule has 2 aromatic carbocycles. The third-order valence-corrected chi connectivity index (χ3v) is 5.45. The first-order valence-corrected chi connectivity index (χ1v) is 10.7. The number of furan rings is 1. The van der Waals surface area contributed by atoms with Crippen LogP contribution in [-0.4, -0.2) is 21.9 Å². The lowest BCUT2D eigenvalue weighted by Crippen LogP contribution is -2.18. The van der Waals surface area contributed by atoms with Crippen molar-refractivity contribution in [1.29, 1.82) is 0 Å². The number of rotatable bonds is 6.